The Morgan fingerprint density at radius 3 is 2.21 bits per heavy atom. The first-order valence-corrected chi connectivity index (χ1v) is 11.7. The van der Waals surface area contributed by atoms with Crippen molar-refractivity contribution in [3.63, 3.8) is 0 Å². The Morgan fingerprint density at radius 2 is 1.62 bits per heavy atom. The number of piperidine rings is 1. The van der Waals surface area contributed by atoms with Gasteiger partial charge in [-0.1, -0.05) is 0 Å². The molecule has 1 saturated carbocycles. The van der Waals surface area contributed by atoms with E-state index in [1.165, 1.54) is 38.8 Å². The van der Waals surface area contributed by atoms with Gasteiger partial charge in [-0.15, -0.1) is 0 Å². The molecule has 29 heavy (non-hydrogen) atoms. The Bertz CT molecular complexity index is 530. The van der Waals surface area contributed by atoms with Gasteiger partial charge in [-0.25, -0.2) is 4.79 Å². The fourth-order valence-corrected chi connectivity index (χ4v) is 4.90. The second-order valence-corrected chi connectivity index (χ2v) is 10.9. The lowest BCUT2D eigenvalue weighted by atomic mass is 9.85. The van der Waals surface area contributed by atoms with Gasteiger partial charge < -0.3 is 19.7 Å². The van der Waals surface area contributed by atoms with Gasteiger partial charge in [0.05, 0.1) is 12.2 Å². The summed E-state index contributed by atoms with van der Waals surface area (Å²) in [6, 6.07) is 0. The number of carbonyl (C=O) groups is 1. The van der Waals surface area contributed by atoms with Crippen LogP contribution in [0, 0.1) is 5.92 Å². The molecule has 1 N–H and O–H groups in total. The van der Waals surface area contributed by atoms with Gasteiger partial charge in [0.25, 0.3) is 0 Å². The molecule has 3 rings (SSSR count). The Balaban J connectivity index is 1.35. The summed E-state index contributed by atoms with van der Waals surface area (Å²) in [6.07, 6.45) is 7.29. The van der Waals surface area contributed by atoms with Gasteiger partial charge in [0, 0.05) is 44.8 Å². The zero-order chi connectivity index (χ0) is 21.1. The summed E-state index contributed by atoms with van der Waals surface area (Å²) in [7, 11) is 0. The molecule has 6 nitrogen and oxygen atoms in total. The standard InChI is InChI=1S/C23H43N3O3/c1-22(2,3)29-21(27)25-13-10-20(11-14-25)28-19-8-6-18(7-9-19)16-26-15-12-24-17-23(26,4)5/h18-20,24H,6-17H2,1-5H3. The molecule has 0 atom stereocenters. The minimum absolute atomic E-state index is 0.188. The van der Waals surface area contributed by atoms with Crippen molar-refractivity contribution in [2.75, 3.05) is 39.3 Å². The Morgan fingerprint density at radius 1 is 1.00 bits per heavy atom. The summed E-state index contributed by atoms with van der Waals surface area (Å²) in [4.78, 5) is 16.7. The minimum atomic E-state index is -0.428. The van der Waals surface area contributed by atoms with Crippen LogP contribution in [0.2, 0.25) is 0 Å². The van der Waals surface area contributed by atoms with Crippen molar-refractivity contribution in [3.8, 4) is 0 Å². The molecule has 6 heteroatoms. The van der Waals surface area contributed by atoms with Crippen LogP contribution in [0.3, 0.4) is 0 Å². The van der Waals surface area contributed by atoms with Gasteiger partial charge in [-0.2, -0.15) is 0 Å². The van der Waals surface area contributed by atoms with Crippen molar-refractivity contribution >= 4 is 6.09 Å². The number of likely N-dealkylation sites (tertiary alicyclic amines) is 1. The van der Waals surface area contributed by atoms with E-state index in [-0.39, 0.29) is 11.6 Å². The summed E-state index contributed by atoms with van der Waals surface area (Å²) in [5, 5.41) is 3.52. The molecule has 168 valence electrons. The topological polar surface area (TPSA) is 54.0 Å². The maximum Gasteiger partial charge on any atom is 0.410 e. The Kier molecular flexibility index (Phi) is 7.50. The molecule has 0 bridgehead atoms. The van der Waals surface area contributed by atoms with Crippen molar-refractivity contribution in [3.05, 3.63) is 0 Å². The van der Waals surface area contributed by atoms with Crippen LogP contribution in [0.5, 0.6) is 0 Å². The third-order valence-electron chi connectivity index (χ3n) is 6.72. The molecule has 2 aliphatic heterocycles. The fraction of sp³-hybridized carbons (Fsp3) is 0.957. The van der Waals surface area contributed by atoms with Crippen molar-refractivity contribution in [1.29, 1.82) is 0 Å². The Labute approximate surface area is 177 Å². The highest BCUT2D eigenvalue weighted by Gasteiger charge is 2.34. The van der Waals surface area contributed by atoms with Crippen molar-refractivity contribution in [2.24, 2.45) is 5.92 Å². The highest BCUT2D eigenvalue weighted by molar-refractivity contribution is 5.68. The lowest BCUT2D eigenvalue weighted by molar-refractivity contribution is -0.0652. The van der Waals surface area contributed by atoms with Crippen molar-refractivity contribution in [2.45, 2.75) is 96.5 Å². The zero-order valence-corrected chi connectivity index (χ0v) is 19.3. The zero-order valence-electron chi connectivity index (χ0n) is 19.3. The maximum atomic E-state index is 12.2. The first-order chi connectivity index (χ1) is 13.6. The van der Waals surface area contributed by atoms with E-state index in [1.807, 2.05) is 25.7 Å². The van der Waals surface area contributed by atoms with Crippen LogP contribution in [0.4, 0.5) is 4.79 Å². The van der Waals surface area contributed by atoms with Gasteiger partial charge in [-0.3, -0.25) is 4.90 Å². The lowest BCUT2D eigenvalue weighted by Gasteiger charge is -2.45. The number of nitrogens with one attached hydrogen (secondary N) is 1. The average Bonchev–Trinajstić information content (AvgIpc) is 2.64. The van der Waals surface area contributed by atoms with Crippen LogP contribution < -0.4 is 5.32 Å². The normalized spacial score (nSPS) is 29.6. The average molecular weight is 410 g/mol. The summed E-state index contributed by atoms with van der Waals surface area (Å²) >= 11 is 0. The number of hydrogen-bond donors (Lipinski definition) is 1. The van der Waals surface area contributed by atoms with E-state index < -0.39 is 5.60 Å². The first kappa shape index (κ1) is 22.8. The molecule has 0 aromatic rings. The molecule has 3 aliphatic rings. The summed E-state index contributed by atoms with van der Waals surface area (Å²) in [6.45, 7) is 16.6. The van der Waals surface area contributed by atoms with Crippen LogP contribution >= 0.6 is 0 Å². The number of nitrogens with zero attached hydrogens (tertiary/aromatic N) is 2. The molecule has 0 spiro atoms. The molecule has 1 amide bonds. The van der Waals surface area contributed by atoms with E-state index in [9.17, 15) is 4.79 Å². The number of carbonyl (C=O) groups excluding carboxylic acids is 1. The summed E-state index contributed by atoms with van der Waals surface area (Å²) in [5.74, 6) is 0.807. The molecule has 2 saturated heterocycles. The largest absolute Gasteiger partial charge is 0.444 e. The molecule has 2 heterocycles. The third-order valence-corrected chi connectivity index (χ3v) is 6.72. The monoisotopic (exact) mass is 409 g/mol. The quantitative estimate of drug-likeness (QED) is 0.768. The maximum absolute atomic E-state index is 12.2. The number of rotatable bonds is 4. The van der Waals surface area contributed by atoms with Gasteiger partial charge >= 0.3 is 6.09 Å². The smallest absolute Gasteiger partial charge is 0.410 e. The van der Waals surface area contributed by atoms with E-state index in [1.54, 1.807) is 0 Å². The van der Waals surface area contributed by atoms with E-state index >= 15 is 0 Å². The number of amides is 1. The summed E-state index contributed by atoms with van der Waals surface area (Å²) < 4.78 is 11.9. The SMILES string of the molecule is CC(C)(C)OC(=O)N1CCC(OC2CCC(CN3CCNCC3(C)C)CC2)CC1. The van der Waals surface area contributed by atoms with Crippen molar-refractivity contribution in [1.82, 2.24) is 15.1 Å². The van der Waals surface area contributed by atoms with Crippen LogP contribution in [-0.4, -0.2) is 78.5 Å². The first-order valence-electron chi connectivity index (χ1n) is 11.7. The van der Waals surface area contributed by atoms with Gasteiger partial charge in [0.2, 0.25) is 0 Å². The van der Waals surface area contributed by atoms with Crippen LogP contribution in [0.25, 0.3) is 0 Å². The predicted molar refractivity (Wildman–Crippen MR) is 116 cm³/mol. The highest BCUT2D eigenvalue weighted by Crippen LogP contribution is 2.31. The van der Waals surface area contributed by atoms with Crippen LogP contribution in [-0.2, 0) is 9.47 Å². The Hall–Kier alpha value is -0.850. The van der Waals surface area contributed by atoms with E-state index in [2.05, 4.69) is 24.1 Å². The van der Waals surface area contributed by atoms with E-state index in [0.717, 1.165) is 44.9 Å². The fourth-order valence-electron chi connectivity index (χ4n) is 4.90. The van der Waals surface area contributed by atoms with Crippen LogP contribution in [0.15, 0.2) is 0 Å². The van der Waals surface area contributed by atoms with E-state index in [4.69, 9.17) is 9.47 Å². The van der Waals surface area contributed by atoms with Gasteiger partial charge in [-0.05, 0) is 79.1 Å². The predicted octanol–water partition coefficient (Wildman–Crippen LogP) is 3.65. The second kappa shape index (κ2) is 9.52. The molecule has 1 aliphatic carbocycles. The van der Waals surface area contributed by atoms with E-state index in [0.29, 0.717) is 12.2 Å². The number of ether oxygens (including phenoxy) is 2. The van der Waals surface area contributed by atoms with Crippen LogP contribution in [0.1, 0.15) is 73.1 Å². The molecular formula is C23H43N3O3. The third kappa shape index (κ3) is 6.83. The molecule has 3 fully saturated rings. The molecule has 0 radical (unpaired) electrons. The lowest BCUT2D eigenvalue weighted by Crippen LogP contribution is -2.59. The second-order valence-electron chi connectivity index (χ2n) is 10.9. The number of piperazine rings is 1. The molecule has 0 unspecified atom stereocenters. The number of hydrogen-bond acceptors (Lipinski definition) is 5. The molecule has 0 aromatic heterocycles. The minimum Gasteiger partial charge on any atom is -0.444 e. The summed E-state index contributed by atoms with van der Waals surface area (Å²) in [5.41, 5.74) is -0.156. The van der Waals surface area contributed by atoms with Gasteiger partial charge in [0.1, 0.15) is 5.60 Å². The van der Waals surface area contributed by atoms with Crippen molar-refractivity contribution < 1.29 is 14.3 Å². The molecular weight excluding hydrogens is 366 g/mol. The molecule has 0 aromatic carbocycles. The van der Waals surface area contributed by atoms with Gasteiger partial charge in [0.15, 0.2) is 0 Å². The highest BCUT2D eigenvalue weighted by atomic mass is 16.6.